The lowest BCUT2D eigenvalue weighted by molar-refractivity contribution is 0.0698. The molecule has 0 spiro atoms. The van der Waals surface area contributed by atoms with Gasteiger partial charge in [0, 0.05) is 50.7 Å². The highest BCUT2D eigenvalue weighted by Gasteiger charge is 2.29. The van der Waals surface area contributed by atoms with Crippen LogP contribution in [0.5, 0.6) is 17.4 Å². The molecule has 4 rings (SSSR count). The Balaban J connectivity index is 1.54. The Kier molecular flexibility index (Phi) is 5.41. The molecule has 0 unspecified atom stereocenters. The minimum Gasteiger partial charge on any atom is -0.497 e. The van der Waals surface area contributed by atoms with Crippen molar-refractivity contribution in [3.05, 3.63) is 60.3 Å². The predicted molar refractivity (Wildman–Crippen MR) is 106 cm³/mol. The fourth-order valence-corrected chi connectivity index (χ4v) is 3.55. The zero-order valence-corrected chi connectivity index (χ0v) is 16.5. The third-order valence-corrected chi connectivity index (χ3v) is 4.97. The van der Waals surface area contributed by atoms with Crippen LogP contribution in [0, 0.1) is 0 Å². The number of carbonyl (C=O) groups is 1. The van der Waals surface area contributed by atoms with E-state index < -0.39 is 0 Å². The lowest BCUT2D eigenvalue weighted by Gasteiger charge is -2.32. The first-order valence-corrected chi connectivity index (χ1v) is 9.56. The lowest BCUT2D eigenvalue weighted by Crippen LogP contribution is -2.39. The second-order valence-electron chi connectivity index (χ2n) is 6.99. The van der Waals surface area contributed by atoms with Crippen molar-refractivity contribution in [3.63, 3.8) is 0 Å². The largest absolute Gasteiger partial charge is 0.497 e. The highest BCUT2D eigenvalue weighted by atomic mass is 16.5. The predicted octanol–water partition coefficient (Wildman–Crippen LogP) is 3.03. The van der Waals surface area contributed by atoms with Crippen molar-refractivity contribution >= 4 is 5.91 Å². The first-order valence-electron chi connectivity index (χ1n) is 9.56. The molecule has 3 aromatic rings. The Hall–Kier alpha value is -3.42. The second kappa shape index (κ2) is 8.30. The molecule has 1 fully saturated rings. The van der Waals surface area contributed by atoms with Crippen LogP contribution in [-0.2, 0) is 7.05 Å². The average Bonchev–Trinajstić information content (AvgIpc) is 3.20. The molecule has 0 bridgehead atoms. The fourth-order valence-electron chi connectivity index (χ4n) is 3.55. The van der Waals surface area contributed by atoms with Crippen molar-refractivity contribution in [1.82, 2.24) is 24.6 Å². The fraction of sp³-hybridized carbons (Fsp3) is 0.333. The molecule has 0 aliphatic carbocycles. The van der Waals surface area contributed by atoms with Crippen LogP contribution < -0.4 is 9.47 Å². The molecule has 0 saturated carbocycles. The number of amides is 1. The molecule has 8 nitrogen and oxygen atoms in total. The quantitative estimate of drug-likeness (QED) is 0.663. The van der Waals surface area contributed by atoms with Crippen LogP contribution in [0.3, 0.4) is 0 Å². The molecule has 1 atom stereocenters. The third-order valence-electron chi connectivity index (χ3n) is 4.97. The monoisotopic (exact) mass is 393 g/mol. The summed E-state index contributed by atoms with van der Waals surface area (Å²) in [6.45, 7) is 1.26. The van der Waals surface area contributed by atoms with Crippen molar-refractivity contribution in [2.75, 3.05) is 20.2 Å². The smallest absolute Gasteiger partial charge is 0.274 e. The molecule has 2 aromatic heterocycles. The van der Waals surface area contributed by atoms with E-state index in [2.05, 4.69) is 15.1 Å². The van der Waals surface area contributed by atoms with Crippen molar-refractivity contribution < 1.29 is 14.3 Å². The summed E-state index contributed by atoms with van der Waals surface area (Å²) in [6, 6.07) is 9.10. The maximum atomic E-state index is 12.8. The third kappa shape index (κ3) is 4.21. The van der Waals surface area contributed by atoms with Gasteiger partial charge in [-0.05, 0) is 31.0 Å². The SMILES string of the molecule is COc1cccc(Oc2nccnc2[C@H]2CCCN(C(=O)c3ccn(C)n3)C2)c1. The minimum atomic E-state index is -0.0607. The number of ether oxygens (including phenoxy) is 2. The van der Waals surface area contributed by atoms with Gasteiger partial charge in [-0.2, -0.15) is 5.10 Å². The highest BCUT2D eigenvalue weighted by molar-refractivity contribution is 5.92. The van der Waals surface area contributed by atoms with Crippen LogP contribution in [0.2, 0.25) is 0 Å². The Bertz CT molecular complexity index is 1000. The maximum absolute atomic E-state index is 12.8. The van der Waals surface area contributed by atoms with E-state index in [0.717, 1.165) is 18.5 Å². The van der Waals surface area contributed by atoms with Crippen LogP contribution in [0.15, 0.2) is 48.9 Å². The number of nitrogens with zero attached hydrogens (tertiary/aromatic N) is 5. The number of benzene rings is 1. The topological polar surface area (TPSA) is 82.4 Å². The van der Waals surface area contributed by atoms with E-state index in [-0.39, 0.29) is 11.8 Å². The van der Waals surface area contributed by atoms with E-state index in [9.17, 15) is 4.79 Å². The number of piperidine rings is 1. The van der Waals surface area contributed by atoms with Gasteiger partial charge >= 0.3 is 0 Å². The Morgan fingerprint density at radius 2 is 2.00 bits per heavy atom. The summed E-state index contributed by atoms with van der Waals surface area (Å²) in [7, 11) is 3.42. The lowest BCUT2D eigenvalue weighted by atomic mass is 9.94. The van der Waals surface area contributed by atoms with Gasteiger partial charge < -0.3 is 14.4 Å². The highest BCUT2D eigenvalue weighted by Crippen LogP contribution is 2.33. The number of methoxy groups -OCH3 is 1. The van der Waals surface area contributed by atoms with Crippen LogP contribution >= 0.6 is 0 Å². The standard InChI is InChI=1S/C21H23N5O3/c1-25-12-8-18(24-25)21(27)26-11-4-5-15(14-26)19-20(23-10-9-22-19)29-17-7-3-6-16(13-17)28-2/h3,6-10,12-13,15H,4-5,11,14H2,1-2H3/t15-/m0/s1. The van der Waals surface area contributed by atoms with Gasteiger partial charge in [-0.15, -0.1) is 0 Å². The second-order valence-corrected chi connectivity index (χ2v) is 6.99. The van der Waals surface area contributed by atoms with Gasteiger partial charge in [0.2, 0.25) is 5.88 Å². The van der Waals surface area contributed by atoms with Gasteiger partial charge in [0.15, 0.2) is 0 Å². The van der Waals surface area contributed by atoms with Crippen LogP contribution in [-0.4, -0.2) is 50.8 Å². The van der Waals surface area contributed by atoms with E-state index in [1.165, 1.54) is 0 Å². The van der Waals surface area contributed by atoms with Gasteiger partial charge in [0.1, 0.15) is 22.9 Å². The summed E-state index contributed by atoms with van der Waals surface area (Å²) in [5.41, 5.74) is 1.22. The van der Waals surface area contributed by atoms with Gasteiger partial charge in [-0.1, -0.05) is 6.07 Å². The van der Waals surface area contributed by atoms with Crippen LogP contribution in [0.4, 0.5) is 0 Å². The van der Waals surface area contributed by atoms with Gasteiger partial charge in [-0.3, -0.25) is 14.5 Å². The van der Waals surface area contributed by atoms with E-state index in [0.29, 0.717) is 36.2 Å². The molecule has 8 heteroatoms. The molecular formula is C21H23N5O3. The summed E-state index contributed by atoms with van der Waals surface area (Å²) >= 11 is 0. The van der Waals surface area contributed by atoms with Crippen LogP contribution in [0.25, 0.3) is 0 Å². The number of carbonyl (C=O) groups excluding carboxylic acids is 1. The number of aryl methyl sites for hydroxylation is 1. The van der Waals surface area contributed by atoms with Crippen molar-refractivity contribution in [3.8, 4) is 17.4 Å². The van der Waals surface area contributed by atoms with Crippen molar-refractivity contribution in [1.29, 1.82) is 0 Å². The van der Waals surface area contributed by atoms with E-state index >= 15 is 0 Å². The molecule has 1 aromatic carbocycles. The Labute approximate surface area is 169 Å². The zero-order chi connectivity index (χ0) is 20.2. The van der Waals surface area contributed by atoms with E-state index in [1.807, 2.05) is 23.1 Å². The molecule has 150 valence electrons. The Morgan fingerprint density at radius 3 is 2.79 bits per heavy atom. The average molecular weight is 393 g/mol. The number of likely N-dealkylation sites (tertiary alicyclic amines) is 1. The first kappa shape index (κ1) is 18.9. The number of rotatable bonds is 5. The summed E-state index contributed by atoms with van der Waals surface area (Å²) in [5.74, 6) is 1.78. The van der Waals surface area contributed by atoms with Gasteiger partial charge in [0.05, 0.1) is 7.11 Å². The number of hydrogen-bond acceptors (Lipinski definition) is 6. The molecular weight excluding hydrogens is 370 g/mol. The van der Waals surface area contributed by atoms with E-state index in [4.69, 9.17) is 9.47 Å². The maximum Gasteiger partial charge on any atom is 0.274 e. The van der Waals surface area contributed by atoms with Crippen LogP contribution in [0.1, 0.15) is 34.9 Å². The number of aromatic nitrogens is 4. The summed E-state index contributed by atoms with van der Waals surface area (Å²) in [4.78, 5) is 23.6. The molecule has 3 heterocycles. The summed E-state index contributed by atoms with van der Waals surface area (Å²) in [6.07, 6.45) is 6.85. The van der Waals surface area contributed by atoms with Gasteiger partial charge in [-0.25, -0.2) is 4.98 Å². The van der Waals surface area contributed by atoms with Crippen molar-refractivity contribution in [2.45, 2.75) is 18.8 Å². The van der Waals surface area contributed by atoms with E-state index in [1.54, 1.807) is 49.6 Å². The normalized spacial score (nSPS) is 16.5. The minimum absolute atomic E-state index is 0.0470. The molecule has 0 N–H and O–H groups in total. The molecule has 1 aliphatic heterocycles. The molecule has 1 aliphatic rings. The molecule has 1 saturated heterocycles. The molecule has 1 amide bonds. The molecule has 0 radical (unpaired) electrons. The van der Waals surface area contributed by atoms with Gasteiger partial charge in [0.25, 0.3) is 5.91 Å². The summed E-state index contributed by atoms with van der Waals surface area (Å²) < 4.78 is 12.9. The number of hydrogen-bond donors (Lipinski definition) is 0. The first-order chi connectivity index (χ1) is 14.1. The Morgan fingerprint density at radius 1 is 1.17 bits per heavy atom. The zero-order valence-electron chi connectivity index (χ0n) is 16.5. The summed E-state index contributed by atoms with van der Waals surface area (Å²) in [5, 5.41) is 4.23. The molecule has 29 heavy (non-hydrogen) atoms. The van der Waals surface area contributed by atoms with Crippen molar-refractivity contribution in [2.24, 2.45) is 7.05 Å².